The highest BCUT2D eigenvalue weighted by atomic mass is 16.3. The molecular weight excluding hydrogens is 655 g/mol. The summed E-state index contributed by atoms with van der Waals surface area (Å²) < 4.78 is 202. The molecule has 0 saturated carbocycles. The van der Waals surface area contributed by atoms with Crippen LogP contribution in [-0.2, 0) is 0 Å². The Balaban J connectivity index is 1.25. The number of hydrogen-bond donors (Lipinski definition) is 0. The number of anilines is 3. The molecule has 0 radical (unpaired) electrons. The summed E-state index contributed by atoms with van der Waals surface area (Å²) in [6, 6.07) is 3.99. The molecule has 10 aromatic rings. The van der Waals surface area contributed by atoms with Gasteiger partial charge in [-0.3, -0.25) is 0 Å². The Bertz CT molecular complexity index is 4080. The monoisotopic (exact) mass is 711 g/mol. The molecule has 0 bridgehead atoms. The van der Waals surface area contributed by atoms with Crippen LogP contribution in [0.1, 0.15) is 30.2 Å². The Morgan fingerprint density at radius 1 is 0.389 bits per heavy atom. The number of rotatable bonds is 7. The number of fused-ring (bicyclic) bond motifs is 5. The van der Waals surface area contributed by atoms with Crippen LogP contribution in [0.3, 0.4) is 0 Å². The zero-order valence-corrected chi connectivity index (χ0v) is 27.9. The van der Waals surface area contributed by atoms with Gasteiger partial charge in [0.25, 0.3) is 0 Å². The Morgan fingerprint density at radius 3 is 1.54 bits per heavy atom. The van der Waals surface area contributed by atoms with Gasteiger partial charge in [-0.1, -0.05) is 163 Å². The molecule has 0 N–H and O–H groups in total. The van der Waals surface area contributed by atoms with Gasteiger partial charge in [0.05, 0.1) is 30.2 Å². The molecule has 1 heterocycles. The Hall–Kier alpha value is -7.16. The van der Waals surface area contributed by atoms with Gasteiger partial charge in [-0.05, 0) is 98.3 Å². The van der Waals surface area contributed by atoms with E-state index in [1.807, 2.05) is 42.5 Å². The maximum atomic E-state index is 9.62. The molecule has 1 aromatic heterocycles. The smallest absolute Gasteiger partial charge is 0.143 e. The number of hydrogen-bond acceptors (Lipinski definition) is 2. The van der Waals surface area contributed by atoms with Gasteiger partial charge in [0.2, 0.25) is 0 Å². The Morgan fingerprint density at radius 2 is 0.926 bits per heavy atom. The summed E-state index contributed by atoms with van der Waals surface area (Å²) in [7, 11) is 0. The second kappa shape index (κ2) is 13.4. The van der Waals surface area contributed by atoms with E-state index in [4.69, 9.17) is 23.6 Å². The lowest BCUT2D eigenvalue weighted by molar-refractivity contribution is 0.673. The summed E-state index contributed by atoms with van der Waals surface area (Å²) in [4.78, 5) is 0.957. The second-order valence-corrected chi connectivity index (χ2v) is 12.0. The largest absolute Gasteiger partial charge is 0.455 e. The van der Waals surface area contributed by atoms with Crippen molar-refractivity contribution in [2.75, 3.05) is 4.90 Å². The van der Waals surface area contributed by atoms with E-state index in [0.717, 1.165) is 21.1 Å². The fourth-order valence-corrected chi connectivity index (χ4v) is 6.37. The molecule has 0 atom stereocenters. The van der Waals surface area contributed by atoms with E-state index in [9.17, 15) is 11.0 Å². The first kappa shape index (κ1) is 16.2. The van der Waals surface area contributed by atoms with Crippen molar-refractivity contribution in [1.82, 2.24) is 0 Å². The third-order valence-electron chi connectivity index (χ3n) is 8.85. The maximum Gasteiger partial charge on any atom is 0.143 e. The first-order valence-electron chi connectivity index (χ1n) is 27.6. The van der Waals surface area contributed by atoms with Crippen LogP contribution in [0.4, 0.5) is 17.1 Å². The predicted octanol–water partition coefficient (Wildman–Crippen LogP) is 14.9. The standard InChI is InChI=1S/C52H35NO/c1-3-11-36(12-4-1)38-21-23-39(24-22-38)41-27-32-45(33-28-41)53(44-30-25-40(26-31-44)37-13-5-2-6-14-37)46-17-9-16-43(35-46)47-19-10-20-50-51(47)49-34-29-42-15-7-8-18-48(42)52(49)54-50/h1-35H/i1D,2D,3D,4D,5D,6D,11D,12D,13D,14D,21D,22D,23D,24D,25D,26D,27D,28D,30D,31D,32D,33D. The highest BCUT2D eigenvalue weighted by Crippen LogP contribution is 2.42. The van der Waals surface area contributed by atoms with Gasteiger partial charge in [0.15, 0.2) is 0 Å². The molecule has 0 aliphatic heterocycles. The summed E-state index contributed by atoms with van der Waals surface area (Å²) in [6.45, 7) is 0. The predicted molar refractivity (Wildman–Crippen MR) is 228 cm³/mol. The minimum Gasteiger partial charge on any atom is -0.455 e. The number of benzene rings is 9. The fraction of sp³-hybridized carbons (Fsp3) is 0. The Labute approximate surface area is 345 Å². The van der Waals surface area contributed by atoms with Gasteiger partial charge < -0.3 is 9.32 Å². The minimum atomic E-state index is -0.957. The summed E-state index contributed by atoms with van der Waals surface area (Å²) in [6.07, 6.45) is 0. The summed E-state index contributed by atoms with van der Waals surface area (Å²) in [5.41, 5.74) is -3.34. The van der Waals surface area contributed by atoms with Gasteiger partial charge >= 0.3 is 0 Å². The fourth-order valence-electron chi connectivity index (χ4n) is 6.37. The second-order valence-electron chi connectivity index (χ2n) is 12.0. The molecule has 0 aliphatic carbocycles. The van der Waals surface area contributed by atoms with Gasteiger partial charge in [0, 0.05) is 33.2 Å². The van der Waals surface area contributed by atoms with E-state index >= 15 is 0 Å². The first-order valence-corrected chi connectivity index (χ1v) is 16.6. The van der Waals surface area contributed by atoms with Gasteiger partial charge in [-0.2, -0.15) is 0 Å². The molecule has 9 aromatic carbocycles. The average molecular weight is 712 g/mol. The van der Waals surface area contributed by atoms with Crippen molar-refractivity contribution in [3.05, 3.63) is 212 Å². The van der Waals surface area contributed by atoms with E-state index in [0.29, 0.717) is 27.7 Å². The van der Waals surface area contributed by atoms with Crippen LogP contribution < -0.4 is 4.90 Å². The van der Waals surface area contributed by atoms with E-state index in [2.05, 4.69) is 0 Å². The van der Waals surface area contributed by atoms with Crippen LogP contribution >= 0.6 is 0 Å². The molecule has 0 aliphatic rings. The summed E-state index contributed by atoms with van der Waals surface area (Å²) in [5.74, 6) is 0. The third-order valence-corrected chi connectivity index (χ3v) is 8.85. The van der Waals surface area contributed by atoms with Crippen molar-refractivity contribution in [2.45, 2.75) is 0 Å². The molecule has 10 rings (SSSR count). The van der Waals surface area contributed by atoms with Crippen LogP contribution in [0.2, 0.25) is 0 Å². The molecule has 2 nitrogen and oxygen atoms in total. The van der Waals surface area contributed by atoms with Gasteiger partial charge in [-0.15, -0.1) is 0 Å². The van der Waals surface area contributed by atoms with Gasteiger partial charge in [-0.25, -0.2) is 0 Å². The van der Waals surface area contributed by atoms with Gasteiger partial charge in [0.1, 0.15) is 11.2 Å². The molecular formula is C52H35NO. The number of nitrogens with zero attached hydrogens (tertiary/aromatic N) is 1. The van der Waals surface area contributed by atoms with Crippen molar-refractivity contribution < 1.29 is 34.6 Å². The lowest BCUT2D eigenvalue weighted by Gasteiger charge is -2.26. The average Bonchev–Trinajstić information content (AvgIpc) is 3.83. The van der Waals surface area contributed by atoms with E-state index in [1.54, 1.807) is 30.3 Å². The lowest BCUT2D eigenvalue weighted by atomic mass is 9.97. The quantitative estimate of drug-likeness (QED) is 0.164. The highest BCUT2D eigenvalue weighted by molar-refractivity contribution is 6.19. The highest BCUT2D eigenvalue weighted by Gasteiger charge is 2.18. The van der Waals surface area contributed by atoms with E-state index in [1.165, 1.54) is 6.07 Å². The van der Waals surface area contributed by atoms with E-state index in [-0.39, 0.29) is 5.69 Å². The molecule has 0 amide bonds. The molecule has 0 fully saturated rings. The maximum absolute atomic E-state index is 9.62. The molecule has 0 spiro atoms. The van der Waals surface area contributed by atoms with Crippen molar-refractivity contribution in [3.63, 3.8) is 0 Å². The molecule has 0 saturated heterocycles. The van der Waals surface area contributed by atoms with Crippen LogP contribution in [0.15, 0.2) is 216 Å². The zero-order chi connectivity index (χ0) is 55.0. The van der Waals surface area contributed by atoms with Crippen molar-refractivity contribution in [1.29, 1.82) is 0 Å². The topological polar surface area (TPSA) is 16.4 Å². The number of furan rings is 1. The molecule has 0 unspecified atom stereocenters. The SMILES string of the molecule is [2H]c1c([2H])c([2H])c(-c2c([2H])c([2H])c(-c3c([2H])c([2H])c(N(c4cccc(-c5cccc6oc7c8ccccc8ccc7c56)c4)c4c([2H])c([2H])c(-c5c([2H])c([2H])c([2H])c([2H])c5[2H])c([2H])c4[2H])c([2H])c3[2H])c([2H])c2[2H])c([2H])c1[2H]. The van der Waals surface area contributed by atoms with Crippen molar-refractivity contribution in [3.8, 4) is 44.5 Å². The minimum absolute atomic E-state index is 0.0510. The summed E-state index contributed by atoms with van der Waals surface area (Å²) >= 11 is 0. The van der Waals surface area contributed by atoms with Crippen LogP contribution in [0.25, 0.3) is 77.2 Å². The summed E-state index contributed by atoms with van der Waals surface area (Å²) in [5, 5.41) is 3.22. The van der Waals surface area contributed by atoms with Crippen LogP contribution in [-0.4, -0.2) is 0 Å². The first-order chi connectivity index (χ1) is 35.9. The van der Waals surface area contributed by atoms with Crippen LogP contribution in [0.5, 0.6) is 0 Å². The van der Waals surface area contributed by atoms with Crippen LogP contribution in [0, 0.1) is 0 Å². The van der Waals surface area contributed by atoms with E-state index < -0.39 is 178 Å². The molecule has 54 heavy (non-hydrogen) atoms. The van der Waals surface area contributed by atoms with Crippen molar-refractivity contribution in [2.24, 2.45) is 0 Å². The van der Waals surface area contributed by atoms with Crippen molar-refractivity contribution >= 4 is 49.8 Å². The molecule has 2 heteroatoms. The normalized spacial score (nSPS) is 17.0. The lowest BCUT2D eigenvalue weighted by Crippen LogP contribution is -2.10. The molecule has 254 valence electrons. The third kappa shape index (κ3) is 5.71. The zero-order valence-electron chi connectivity index (χ0n) is 49.9. The Kier molecular flexibility index (Phi) is 4.04.